The van der Waals surface area contributed by atoms with Crippen molar-refractivity contribution >= 4 is 16.8 Å². The van der Waals surface area contributed by atoms with Gasteiger partial charge in [-0.25, -0.2) is 0 Å². The topological polar surface area (TPSA) is 43.4 Å². The normalized spacial score (nSPS) is 14.4. The Bertz CT molecular complexity index is 311. The Morgan fingerprint density at radius 1 is 0.909 bits per heavy atom. The van der Waals surface area contributed by atoms with E-state index in [2.05, 4.69) is 11.7 Å². The summed E-state index contributed by atoms with van der Waals surface area (Å²) in [6.45, 7) is 2.21. The number of unbranched alkanes of at least 4 members (excludes halogenated alkanes) is 9. The third kappa shape index (κ3) is 16.0. The Labute approximate surface area is 141 Å². The minimum atomic E-state index is -0.997. The fraction of sp³-hybridized carbons (Fsp3) is 0.944. The van der Waals surface area contributed by atoms with E-state index in [1.807, 2.05) is 0 Å². The third-order valence-electron chi connectivity index (χ3n) is 3.82. The molecule has 0 spiro atoms. The molecule has 0 N–H and O–H groups in total. The molecule has 2 atom stereocenters. The van der Waals surface area contributed by atoms with Gasteiger partial charge in [-0.3, -0.25) is 9.00 Å². The van der Waals surface area contributed by atoms with Crippen molar-refractivity contribution in [3.8, 4) is 0 Å². The molecule has 22 heavy (non-hydrogen) atoms. The zero-order chi connectivity index (χ0) is 17.3. The van der Waals surface area contributed by atoms with Gasteiger partial charge < -0.3 is 4.74 Å². The lowest BCUT2D eigenvalue weighted by Crippen LogP contribution is -2.03. The molecule has 0 fully saturated rings. The number of hydrogen-bond acceptors (Lipinski definition) is 3. The highest BCUT2D eigenvalue weighted by Gasteiger charge is 2.01. The van der Waals surface area contributed by atoms with Crippen LogP contribution in [0.25, 0.3) is 0 Å². The minimum Gasteiger partial charge on any atom is -0.469 e. The SMILES string of the molecule is [2H][C@@H](CCCCCCCC)S(=O)CCCCCCCC(=O)OC. The van der Waals surface area contributed by atoms with Crippen LogP contribution in [0.5, 0.6) is 0 Å². The standard InChI is InChI=1S/C18H36O3S/c1-3-4-5-6-7-10-13-16-22(20)17-14-11-8-9-12-15-18(19)21-2/h3-17H2,1-2H3/i16D/t16-,22?/m0/s1. The summed E-state index contributed by atoms with van der Waals surface area (Å²) in [6.07, 6.45) is 13.5. The fourth-order valence-electron chi connectivity index (χ4n) is 2.37. The Morgan fingerprint density at radius 3 is 2.09 bits per heavy atom. The molecule has 0 heterocycles. The van der Waals surface area contributed by atoms with Crippen molar-refractivity contribution < 1.29 is 15.1 Å². The molecule has 0 saturated heterocycles. The number of rotatable bonds is 16. The second-order valence-corrected chi connectivity index (χ2v) is 7.40. The molecule has 0 amide bonds. The summed E-state index contributed by atoms with van der Waals surface area (Å²) in [6, 6.07) is 0. The quantitative estimate of drug-likeness (QED) is 0.295. The van der Waals surface area contributed by atoms with Crippen LogP contribution >= 0.6 is 0 Å². The van der Waals surface area contributed by atoms with Crippen LogP contribution in [0.2, 0.25) is 0 Å². The lowest BCUT2D eigenvalue weighted by atomic mass is 10.1. The largest absolute Gasteiger partial charge is 0.469 e. The lowest BCUT2D eigenvalue weighted by Gasteiger charge is -2.04. The van der Waals surface area contributed by atoms with Gasteiger partial charge in [0, 0.05) is 30.1 Å². The maximum Gasteiger partial charge on any atom is 0.305 e. The average molecular weight is 334 g/mol. The van der Waals surface area contributed by atoms with Gasteiger partial charge in [-0.2, -0.15) is 0 Å². The van der Waals surface area contributed by atoms with E-state index in [0.29, 0.717) is 12.2 Å². The van der Waals surface area contributed by atoms with Crippen molar-refractivity contribution in [3.63, 3.8) is 0 Å². The number of methoxy groups -OCH3 is 1. The van der Waals surface area contributed by atoms with Gasteiger partial charge >= 0.3 is 5.97 Å². The molecule has 0 aliphatic heterocycles. The molecule has 0 aliphatic carbocycles. The molecule has 0 aromatic carbocycles. The van der Waals surface area contributed by atoms with Crippen molar-refractivity contribution in [1.29, 1.82) is 0 Å². The molecule has 0 aromatic rings. The number of hydrogen-bond donors (Lipinski definition) is 0. The molecule has 0 rings (SSSR count). The maximum absolute atomic E-state index is 12.0. The summed E-state index contributed by atoms with van der Waals surface area (Å²) in [5, 5.41) is 0. The number of esters is 1. The van der Waals surface area contributed by atoms with Crippen LogP contribution in [0.4, 0.5) is 0 Å². The highest BCUT2D eigenvalue weighted by atomic mass is 32.2. The van der Waals surface area contributed by atoms with Gasteiger partial charge in [0.05, 0.1) is 7.11 Å². The zero-order valence-electron chi connectivity index (χ0n) is 15.6. The third-order valence-corrected chi connectivity index (χ3v) is 5.11. The average Bonchev–Trinajstić information content (AvgIpc) is 2.56. The van der Waals surface area contributed by atoms with Gasteiger partial charge in [0.1, 0.15) is 0 Å². The Hall–Kier alpha value is -0.380. The van der Waals surface area contributed by atoms with Gasteiger partial charge in [0.2, 0.25) is 0 Å². The molecule has 3 nitrogen and oxygen atoms in total. The van der Waals surface area contributed by atoms with Crippen LogP contribution in [-0.4, -0.2) is 28.8 Å². The van der Waals surface area contributed by atoms with Crippen molar-refractivity contribution in [2.24, 2.45) is 0 Å². The molecule has 4 heteroatoms. The summed E-state index contributed by atoms with van der Waals surface area (Å²) < 4.78 is 24.5. The highest BCUT2D eigenvalue weighted by Crippen LogP contribution is 2.09. The first kappa shape index (κ1) is 19.7. The van der Waals surface area contributed by atoms with Crippen molar-refractivity contribution in [3.05, 3.63) is 0 Å². The van der Waals surface area contributed by atoms with E-state index >= 15 is 0 Å². The maximum atomic E-state index is 12.0. The van der Waals surface area contributed by atoms with Crippen LogP contribution < -0.4 is 0 Å². The van der Waals surface area contributed by atoms with E-state index in [9.17, 15) is 9.00 Å². The van der Waals surface area contributed by atoms with E-state index in [4.69, 9.17) is 1.37 Å². The number of carbonyl (C=O) groups excluding carboxylic acids is 1. The van der Waals surface area contributed by atoms with E-state index < -0.39 is 16.5 Å². The summed E-state index contributed by atoms with van der Waals surface area (Å²) in [4.78, 5) is 10.9. The molecular formula is C18H36O3S. The van der Waals surface area contributed by atoms with Crippen molar-refractivity contribution in [2.75, 3.05) is 18.6 Å². The predicted octanol–water partition coefficient (Wildman–Crippen LogP) is 5.00. The summed E-state index contributed by atoms with van der Waals surface area (Å²) in [5.41, 5.74) is -0.402. The molecule has 0 aliphatic rings. The summed E-state index contributed by atoms with van der Waals surface area (Å²) in [7, 11) is 0.420. The van der Waals surface area contributed by atoms with Gasteiger partial charge in [-0.05, 0) is 19.3 Å². The molecule has 0 aromatic heterocycles. The van der Waals surface area contributed by atoms with Crippen LogP contribution in [0.1, 0.15) is 91.8 Å². The number of carbonyl (C=O) groups is 1. The lowest BCUT2D eigenvalue weighted by molar-refractivity contribution is -0.140. The second kappa shape index (κ2) is 17.0. The first-order valence-corrected chi connectivity index (χ1v) is 10.4. The van der Waals surface area contributed by atoms with Gasteiger partial charge in [0.15, 0.2) is 0 Å². The van der Waals surface area contributed by atoms with Crippen LogP contribution in [0.3, 0.4) is 0 Å². The first-order chi connectivity index (χ1) is 11.1. The smallest absolute Gasteiger partial charge is 0.305 e. The van der Waals surface area contributed by atoms with Crippen molar-refractivity contribution in [2.45, 2.75) is 90.4 Å². The monoisotopic (exact) mass is 333 g/mol. The highest BCUT2D eigenvalue weighted by molar-refractivity contribution is 7.84. The molecule has 0 radical (unpaired) electrons. The predicted molar refractivity (Wildman–Crippen MR) is 95.6 cm³/mol. The van der Waals surface area contributed by atoms with Crippen LogP contribution in [0.15, 0.2) is 0 Å². The van der Waals surface area contributed by atoms with E-state index in [-0.39, 0.29) is 5.97 Å². The molecular weight excluding hydrogens is 296 g/mol. The Kier molecular flexibility index (Phi) is 15.2. The van der Waals surface area contributed by atoms with Crippen LogP contribution in [-0.2, 0) is 20.3 Å². The number of ether oxygens (including phenoxy) is 1. The molecule has 1 unspecified atom stereocenters. The van der Waals surface area contributed by atoms with Crippen molar-refractivity contribution in [1.82, 2.24) is 0 Å². The van der Waals surface area contributed by atoms with Gasteiger partial charge in [-0.15, -0.1) is 0 Å². The second-order valence-electron chi connectivity index (χ2n) is 5.90. The van der Waals surface area contributed by atoms with Gasteiger partial charge in [-0.1, -0.05) is 64.7 Å². The van der Waals surface area contributed by atoms with E-state index in [1.165, 1.54) is 39.2 Å². The molecule has 0 bridgehead atoms. The fourth-order valence-corrected chi connectivity index (χ4v) is 3.45. The van der Waals surface area contributed by atoms with Gasteiger partial charge in [0.25, 0.3) is 0 Å². The Balaban J connectivity index is 3.42. The van der Waals surface area contributed by atoms with E-state index in [1.54, 1.807) is 0 Å². The van der Waals surface area contributed by atoms with E-state index in [0.717, 1.165) is 44.9 Å². The Morgan fingerprint density at radius 2 is 1.45 bits per heavy atom. The minimum absolute atomic E-state index is 0.141. The summed E-state index contributed by atoms with van der Waals surface area (Å²) >= 11 is 0. The molecule has 132 valence electrons. The summed E-state index contributed by atoms with van der Waals surface area (Å²) in [5.74, 6) is 0.513. The van der Waals surface area contributed by atoms with Crippen LogP contribution in [0, 0.1) is 0 Å². The molecule has 0 saturated carbocycles. The first-order valence-electron chi connectivity index (χ1n) is 9.55. The zero-order valence-corrected chi connectivity index (χ0v) is 15.4.